The Balaban J connectivity index is 2.72. The fraction of sp³-hybridized carbons (Fsp3) is 0.600. The van der Waals surface area contributed by atoms with Crippen LogP contribution in [0.15, 0.2) is 6.20 Å². The topological polar surface area (TPSA) is 37.8 Å². The molecule has 0 amide bonds. The molecule has 78 valence electrons. The van der Waals surface area contributed by atoms with Crippen molar-refractivity contribution < 1.29 is 0 Å². The first-order valence-corrected chi connectivity index (χ1v) is 6.11. The molecular weight excluding hydrogens is 289 g/mol. The summed E-state index contributed by atoms with van der Waals surface area (Å²) < 4.78 is 1.09. The minimum absolute atomic E-state index is 0.903. The summed E-state index contributed by atoms with van der Waals surface area (Å²) in [5, 5.41) is 3.23. The molecule has 1 aromatic rings. The molecule has 0 bridgehead atoms. The van der Waals surface area contributed by atoms with Crippen molar-refractivity contribution in [1.29, 1.82) is 0 Å². The SMILES string of the molecule is CCCCc1ncc(I)c(NCC)n1. The molecule has 1 aromatic heterocycles. The number of nitrogens with one attached hydrogen (secondary N) is 1. The predicted molar refractivity (Wildman–Crippen MR) is 67.5 cm³/mol. The number of halogens is 1. The zero-order valence-electron chi connectivity index (χ0n) is 8.68. The molecule has 0 atom stereocenters. The monoisotopic (exact) mass is 305 g/mol. The number of nitrogens with zero attached hydrogens (tertiary/aromatic N) is 2. The lowest BCUT2D eigenvalue weighted by atomic mass is 10.2. The van der Waals surface area contributed by atoms with Crippen LogP contribution in [0.1, 0.15) is 32.5 Å². The number of hydrogen-bond donors (Lipinski definition) is 1. The third kappa shape index (κ3) is 3.40. The highest BCUT2D eigenvalue weighted by atomic mass is 127. The zero-order valence-corrected chi connectivity index (χ0v) is 10.8. The quantitative estimate of drug-likeness (QED) is 0.850. The maximum atomic E-state index is 4.47. The Bertz CT molecular complexity index is 289. The van der Waals surface area contributed by atoms with Crippen molar-refractivity contribution in [1.82, 2.24) is 9.97 Å². The van der Waals surface area contributed by atoms with Crippen LogP contribution in [0.2, 0.25) is 0 Å². The summed E-state index contributed by atoms with van der Waals surface area (Å²) >= 11 is 2.25. The summed E-state index contributed by atoms with van der Waals surface area (Å²) in [7, 11) is 0. The summed E-state index contributed by atoms with van der Waals surface area (Å²) in [4.78, 5) is 8.77. The fourth-order valence-corrected chi connectivity index (χ4v) is 1.60. The van der Waals surface area contributed by atoms with Crippen molar-refractivity contribution in [2.45, 2.75) is 33.1 Å². The first kappa shape index (κ1) is 11.7. The summed E-state index contributed by atoms with van der Waals surface area (Å²) in [6.45, 7) is 5.15. The van der Waals surface area contributed by atoms with E-state index in [-0.39, 0.29) is 0 Å². The maximum Gasteiger partial charge on any atom is 0.143 e. The number of anilines is 1. The third-order valence-electron chi connectivity index (χ3n) is 1.89. The molecule has 1 rings (SSSR count). The molecular formula is C10H16IN3. The van der Waals surface area contributed by atoms with Gasteiger partial charge in [-0.25, -0.2) is 9.97 Å². The van der Waals surface area contributed by atoms with Gasteiger partial charge in [0.15, 0.2) is 0 Å². The van der Waals surface area contributed by atoms with Gasteiger partial charge in [-0.15, -0.1) is 0 Å². The second kappa shape index (κ2) is 6.16. The van der Waals surface area contributed by atoms with Crippen LogP contribution in [0.3, 0.4) is 0 Å². The Morgan fingerprint density at radius 1 is 1.43 bits per heavy atom. The fourth-order valence-electron chi connectivity index (χ4n) is 1.15. The van der Waals surface area contributed by atoms with E-state index >= 15 is 0 Å². The van der Waals surface area contributed by atoms with Gasteiger partial charge in [-0.2, -0.15) is 0 Å². The summed E-state index contributed by atoms with van der Waals surface area (Å²) in [5.41, 5.74) is 0. The van der Waals surface area contributed by atoms with E-state index in [0.717, 1.165) is 34.6 Å². The average molecular weight is 305 g/mol. The number of unbranched alkanes of at least 4 members (excludes halogenated alkanes) is 1. The molecule has 14 heavy (non-hydrogen) atoms. The summed E-state index contributed by atoms with van der Waals surface area (Å²) in [6.07, 6.45) is 5.21. The lowest BCUT2D eigenvalue weighted by Gasteiger charge is -2.06. The van der Waals surface area contributed by atoms with E-state index in [1.165, 1.54) is 6.42 Å². The molecule has 0 saturated heterocycles. The minimum Gasteiger partial charge on any atom is -0.369 e. The number of rotatable bonds is 5. The molecule has 3 nitrogen and oxygen atoms in total. The molecule has 0 aliphatic carbocycles. The minimum atomic E-state index is 0.903. The molecule has 0 fully saturated rings. The molecule has 0 unspecified atom stereocenters. The van der Waals surface area contributed by atoms with E-state index < -0.39 is 0 Å². The Labute approximate surface area is 98.9 Å². The van der Waals surface area contributed by atoms with Crippen molar-refractivity contribution >= 4 is 28.4 Å². The largest absolute Gasteiger partial charge is 0.369 e. The molecule has 1 heterocycles. The van der Waals surface area contributed by atoms with Crippen molar-refractivity contribution in [2.75, 3.05) is 11.9 Å². The second-order valence-electron chi connectivity index (χ2n) is 3.12. The molecule has 0 spiro atoms. The van der Waals surface area contributed by atoms with Crippen LogP contribution in [0.4, 0.5) is 5.82 Å². The normalized spacial score (nSPS) is 10.2. The highest BCUT2D eigenvalue weighted by molar-refractivity contribution is 14.1. The molecule has 0 aliphatic heterocycles. The van der Waals surface area contributed by atoms with Crippen LogP contribution < -0.4 is 5.32 Å². The van der Waals surface area contributed by atoms with Crippen LogP contribution >= 0.6 is 22.6 Å². The highest BCUT2D eigenvalue weighted by Gasteiger charge is 2.02. The van der Waals surface area contributed by atoms with Crippen LogP contribution in [-0.4, -0.2) is 16.5 Å². The van der Waals surface area contributed by atoms with E-state index in [1.54, 1.807) is 0 Å². The maximum absolute atomic E-state index is 4.47. The van der Waals surface area contributed by atoms with Gasteiger partial charge < -0.3 is 5.32 Å². The van der Waals surface area contributed by atoms with Crippen LogP contribution in [0.25, 0.3) is 0 Å². The molecule has 0 radical (unpaired) electrons. The Morgan fingerprint density at radius 3 is 2.86 bits per heavy atom. The van der Waals surface area contributed by atoms with E-state index in [0.29, 0.717) is 0 Å². The predicted octanol–water partition coefficient (Wildman–Crippen LogP) is 2.86. The number of hydrogen-bond acceptors (Lipinski definition) is 3. The Morgan fingerprint density at radius 2 is 2.21 bits per heavy atom. The first-order chi connectivity index (χ1) is 6.77. The van der Waals surface area contributed by atoms with Gasteiger partial charge in [0, 0.05) is 19.2 Å². The molecule has 0 aromatic carbocycles. The van der Waals surface area contributed by atoms with Gasteiger partial charge in [0.05, 0.1) is 3.57 Å². The standard InChI is InChI=1S/C10H16IN3/c1-3-5-6-9-13-7-8(11)10(14-9)12-4-2/h7H,3-6H2,1-2H3,(H,12,13,14). The molecule has 1 N–H and O–H groups in total. The molecule has 0 aliphatic rings. The first-order valence-electron chi connectivity index (χ1n) is 5.03. The zero-order chi connectivity index (χ0) is 10.4. The Hall–Kier alpha value is -0.390. The molecule has 0 saturated carbocycles. The van der Waals surface area contributed by atoms with Gasteiger partial charge in [-0.1, -0.05) is 13.3 Å². The number of aromatic nitrogens is 2. The van der Waals surface area contributed by atoms with Crippen molar-refractivity contribution in [2.24, 2.45) is 0 Å². The molecule has 4 heteroatoms. The van der Waals surface area contributed by atoms with Crippen LogP contribution in [0, 0.1) is 3.57 Å². The number of aryl methyl sites for hydroxylation is 1. The Kier molecular flexibility index (Phi) is 5.14. The van der Waals surface area contributed by atoms with E-state index in [9.17, 15) is 0 Å². The van der Waals surface area contributed by atoms with Gasteiger partial charge in [0.2, 0.25) is 0 Å². The van der Waals surface area contributed by atoms with Gasteiger partial charge in [-0.05, 0) is 35.9 Å². The van der Waals surface area contributed by atoms with Crippen molar-refractivity contribution in [3.8, 4) is 0 Å². The summed E-state index contributed by atoms with van der Waals surface area (Å²) in [5.74, 6) is 1.91. The highest BCUT2D eigenvalue weighted by Crippen LogP contribution is 2.14. The van der Waals surface area contributed by atoms with Gasteiger partial charge in [-0.3, -0.25) is 0 Å². The van der Waals surface area contributed by atoms with E-state index in [4.69, 9.17) is 0 Å². The van der Waals surface area contributed by atoms with E-state index in [2.05, 4.69) is 51.7 Å². The van der Waals surface area contributed by atoms with E-state index in [1.807, 2.05) is 6.20 Å². The van der Waals surface area contributed by atoms with Crippen molar-refractivity contribution in [3.05, 3.63) is 15.6 Å². The van der Waals surface area contributed by atoms with Crippen LogP contribution in [-0.2, 0) is 6.42 Å². The summed E-state index contributed by atoms with van der Waals surface area (Å²) in [6, 6.07) is 0. The lowest BCUT2D eigenvalue weighted by Crippen LogP contribution is -2.05. The second-order valence-corrected chi connectivity index (χ2v) is 4.28. The van der Waals surface area contributed by atoms with Crippen molar-refractivity contribution in [3.63, 3.8) is 0 Å². The van der Waals surface area contributed by atoms with Gasteiger partial charge >= 0.3 is 0 Å². The van der Waals surface area contributed by atoms with Gasteiger partial charge in [0.1, 0.15) is 11.6 Å². The van der Waals surface area contributed by atoms with Crippen LogP contribution in [0.5, 0.6) is 0 Å². The lowest BCUT2D eigenvalue weighted by molar-refractivity contribution is 0.751. The third-order valence-corrected chi connectivity index (χ3v) is 2.68. The average Bonchev–Trinajstić information content (AvgIpc) is 2.19. The van der Waals surface area contributed by atoms with Gasteiger partial charge in [0.25, 0.3) is 0 Å². The smallest absolute Gasteiger partial charge is 0.143 e.